The molecule has 3 rings (SSSR count). The summed E-state index contributed by atoms with van der Waals surface area (Å²) in [5.74, 6) is 0.395. The lowest BCUT2D eigenvalue weighted by molar-refractivity contribution is -0.128. The molecule has 1 aromatic rings. The Morgan fingerprint density at radius 3 is 2.39 bits per heavy atom. The maximum atomic E-state index is 13.0. The molecule has 0 saturated heterocycles. The molecule has 23 heavy (non-hydrogen) atoms. The standard InChI is InChI=1S/C18H23N3O2/c1-11(2)12(3)21-10-14-15(17(21)22)16(19-18(23)20(14)4)13-8-6-5-7-9-13/h5-9,11-12,16H,10H2,1-4H3,(H,19,23). The van der Waals surface area contributed by atoms with Crippen LogP contribution in [0.25, 0.3) is 0 Å². The highest BCUT2D eigenvalue weighted by Crippen LogP contribution is 2.36. The van der Waals surface area contributed by atoms with Gasteiger partial charge < -0.3 is 10.2 Å². The second-order valence-electron chi connectivity index (χ2n) is 6.63. The smallest absolute Gasteiger partial charge is 0.322 e. The van der Waals surface area contributed by atoms with Crippen LogP contribution in [0, 0.1) is 5.92 Å². The number of rotatable bonds is 3. The molecule has 5 nitrogen and oxygen atoms in total. The molecule has 2 atom stereocenters. The van der Waals surface area contributed by atoms with E-state index >= 15 is 0 Å². The van der Waals surface area contributed by atoms with Gasteiger partial charge in [-0.15, -0.1) is 0 Å². The summed E-state index contributed by atoms with van der Waals surface area (Å²) in [6, 6.07) is 9.27. The minimum absolute atomic E-state index is 0.0295. The third-order valence-corrected chi connectivity index (χ3v) is 4.98. The van der Waals surface area contributed by atoms with E-state index in [1.165, 1.54) is 0 Å². The lowest BCUT2D eigenvalue weighted by atomic mass is 9.95. The molecule has 2 aliphatic heterocycles. The van der Waals surface area contributed by atoms with Crippen molar-refractivity contribution in [2.75, 3.05) is 13.6 Å². The van der Waals surface area contributed by atoms with E-state index < -0.39 is 0 Å². The first-order chi connectivity index (χ1) is 10.9. The minimum Gasteiger partial charge on any atom is -0.330 e. The van der Waals surface area contributed by atoms with Crippen molar-refractivity contribution in [3.63, 3.8) is 0 Å². The van der Waals surface area contributed by atoms with Crippen molar-refractivity contribution in [3.05, 3.63) is 47.2 Å². The number of nitrogens with zero attached hydrogens (tertiary/aromatic N) is 2. The second kappa shape index (κ2) is 5.72. The average molecular weight is 313 g/mol. The van der Waals surface area contributed by atoms with Crippen LogP contribution in [0.4, 0.5) is 4.79 Å². The molecule has 2 heterocycles. The Balaban J connectivity index is 2.02. The summed E-state index contributed by atoms with van der Waals surface area (Å²) >= 11 is 0. The van der Waals surface area contributed by atoms with Crippen LogP contribution in [0.1, 0.15) is 32.4 Å². The molecule has 0 saturated carbocycles. The Kier molecular flexibility index (Phi) is 3.88. The van der Waals surface area contributed by atoms with Crippen molar-refractivity contribution in [2.24, 2.45) is 5.92 Å². The first-order valence-electron chi connectivity index (χ1n) is 8.05. The zero-order valence-electron chi connectivity index (χ0n) is 14.0. The summed E-state index contributed by atoms with van der Waals surface area (Å²) in [5.41, 5.74) is 2.46. The molecule has 1 N–H and O–H groups in total. The van der Waals surface area contributed by atoms with Crippen LogP contribution in [0.5, 0.6) is 0 Å². The Labute approximate surface area is 137 Å². The Hall–Kier alpha value is -2.30. The number of likely N-dealkylation sites (N-methyl/N-ethyl adjacent to an activating group) is 1. The first-order valence-corrected chi connectivity index (χ1v) is 8.05. The number of nitrogens with one attached hydrogen (secondary N) is 1. The molecule has 2 aliphatic rings. The maximum Gasteiger partial charge on any atom is 0.322 e. The Morgan fingerprint density at radius 1 is 1.13 bits per heavy atom. The van der Waals surface area contributed by atoms with Crippen LogP contribution >= 0.6 is 0 Å². The number of carbonyl (C=O) groups excluding carboxylic acids is 2. The molecule has 3 amide bonds. The molecular weight excluding hydrogens is 290 g/mol. The van der Waals surface area contributed by atoms with Crippen molar-refractivity contribution < 1.29 is 9.59 Å². The summed E-state index contributed by atoms with van der Waals surface area (Å²) < 4.78 is 0. The van der Waals surface area contributed by atoms with Crippen LogP contribution in [0.15, 0.2) is 41.6 Å². The first kappa shape index (κ1) is 15.6. The highest BCUT2D eigenvalue weighted by atomic mass is 16.2. The van der Waals surface area contributed by atoms with Crippen molar-refractivity contribution in [1.29, 1.82) is 0 Å². The van der Waals surface area contributed by atoms with Gasteiger partial charge in [0.25, 0.3) is 5.91 Å². The quantitative estimate of drug-likeness (QED) is 0.932. The normalized spacial score (nSPS) is 22.6. The summed E-state index contributed by atoms with van der Waals surface area (Å²) in [7, 11) is 1.72. The SMILES string of the molecule is CC(C)C(C)N1CC2=C(C1=O)C(c1ccccc1)NC(=O)N2C. The minimum atomic E-state index is -0.369. The van der Waals surface area contributed by atoms with E-state index in [2.05, 4.69) is 26.1 Å². The number of urea groups is 1. The van der Waals surface area contributed by atoms with Crippen LogP contribution in [0.3, 0.4) is 0 Å². The fourth-order valence-electron chi connectivity index (χ4n) is 3.17. The van der Waals surface area contributed by atoms with Gasteiger partial charge in [0, 0.05) is 13.1 Å². The topological polar surface area (TPSA) is 52.7 Å². The Bertz CT molecular complexity index is 666. The molecule has 0 radical (unpaired) electrons. The van der Waals surface area contributed by atoms with Crippen molar-refractivity contribution in [1.82, 2.24) is 15.1 Å². The monoisotopic (exact) mass is 313 g/mol. The highest BCUT2D eigenvalue weighted by Gasteiger charge is 2.44. The molecule has 5 heteroatoms. The van der Waals surface area contributed by atoms with E-state index in [9.17, 15) is 9.59 Å². The van der Waals surface area contributed by atoms with Gasteiger partial charge in [-0.25, -0.2) is 4.79 Å². The number of hydrogen-bond donors (Lipinski definition) is 1. The highest BCUT2D eigenvalue weighted by molar-refractivity contribution is 6.01. The maximum absolute atomic E-state index is 13.0. The molecule has 0 aromatic heterocycles. The summed E-state index contributed by atoms with van der Waals surface area (Å²) in [5, 5.41) is 2.95. The van der Waals surface area contributed by atoms with Crippen LogP contribution < -0.4 is 5.32 Å². The molecule has 0 fully saturated rings. The van der Waals surface area contributed by atoms with Crippen molar-refractivity contribution >= 4 is 11.9 Å². The molecule has 0 spiro atoms. The zero-order valence-corrected chi connectivity index (χ0v) is 14.0. The third-order valence-electron chi connectivity index (χ3n) is 4.98. The summed E-state index contributed by atoms with van der Waals surface area (Å²) in [4.78, 5) is 28.7. The van der Waals surface area contributed by atoms with Gasteiger partial charge in [-0.3, -0.25) is 9.69 Å². The Morgan fingerprint density at radius 2 is 1.78 bits per heavy atom. The van der Waals surface area contributed by atoms with Gasteiger partial charge in [-0.1, -0.05) is 44.2 Å². The van der Waals surface area contributed by atoms with Gasteiger partial charge >= 0.3 is 6.03 Å². The number of amides is 3. The zero-order chi connectivity index (χ0) is 16.7. The molecule has 1 aromatic carbocycles. The predicted molar refractivity (Wildman–Crippen MR) is 88.5 cm³/mol. The van der Waals surface area contributed by atoms with Gasteiger partial charge in [0.2, 0.25) is 0 Å². The fourth-order valence-corrected chi connectivity index (χ4v) is 3.17. The lowest BCUT2D eigenvalue weighted by Crippen LogP contribution is -2.45. The second-order valence-corrected chi connectivity index (χ2v) is 6.63. The summed E-state index contributed by atoms with van der Waals surface area (Å²) in [6.07, 6.45) is 0. The molecule has 122 valence electrons. The van der Waals surface area contributed by atoms with E-state index in [1.54, 1.807) is 11.9 Å². The lowest BCUT2D eigenvalue weighted by Gasteiger charge is -2.31. The van der Waals surface area contributed by atoms with Gasteiger partial charge in [-0.05, 0) is 18.4 Å². The summed E-state index contributed by atoms with van der Waals surface area (Å²) in [6.45, 7) is 6.78. The van der Waals surface area contributed by atoms with E-state index in [-0.39, 0.29) is 24.0 Å². The molecule has 0 aliphatic carbocycles. The fraction of sp³-hybridized carbons (Fsp3) is 0.444. The van der Waals surface area contributed by atoms with Crippen molar-refractivity contribution in [2.45, 2.75) is 32.9 Å². The van der Waals surface area contributed by atoms with Crippen molar-refractivity contribution in [3.8, 4) is 0 Å². The van der Waals surface area contributed by atoms with E-state index in [1.807, 2.05) is 35.2 Å². The van der Waals surface area contributed by atoms with Gasteiger partial charge in [0.05, 0.1) is 23.9 Å². The number of carbonyl (C=O) groups is 2. The predicted octanol–water partition coefficient (Wildman–Crippen LogP) is 2.52. The van der Waals surface area contributed by atoms with Gasteiger partial charge in [-0.2, -0.15) is 0 Å². The van der Waals surface area contributed by atoms with E-state index in [0.29, 0.717) is 18.0 Å². The number of hydrogen-bond acceptors (Lipinski definition) is 2. The van der Waals surface area contributed by atoms with E-state index in [4.69, 9.17) is 0 Å². The molecule has 2 unspecified atom stereocenters. The molecule has 0 bridgehead atoms. The van der Waals surface area contributed by atoms with Gasteiger partial charge in [0.1, 0.15) is 0 Å². The van der Waals surface area contributed by atoms with Crippen LogP contribution in [-0.2, 0) is 4.79 Å². The van der Waals surface area contributed by atoms with E-state index in [0.717, 1.165) is 11.3 Å². The number of benzene rings is 1. The van der Waals surface area contributed by atoms with Crippen LogP contribution in [-0.4, -0.2) is 41.4 Å². The van der Waals surface area contributed by atoms with Crippen LogP contribution in [0.2, 0.25) is 0 Å². The van der Waals surface area contributed by atoms with Gasteiger partial charge in [0.15, 0.2) is 0 Å². The average Bonchev–Trinajstić information content (AvgIpc) is 2.89. The largest absolute Gasteiger partial charge is 0.330 e. The molecular formula is C18H23N3O2. The third kappa shape index (κ3) is 2.50.